The lowest BCUT2D eigenvalue weighted by molar-refractivity contribution is -0.119. The van der Waals surface area contributed by atoms with Crippen molar-refractivity contribution in [2.45, 2.75) is 24.2 Å². The summed E-state index contributed by atoms with van der Waals surface area (Å²) in [7, 11) is -3.67. The fraction of sp³-hybridized carbons (Fsp3) is 0.278. The molecule has 130 valence electrons. The summed E-state index contributed by atoms with van der Waals surface area (Å²) in [5.74, 6) is 0.363. The third-order valence-corrected chi connectivity index (χ3v) is 6.19. The molecule has 0 radical (unpaired) electrons. The highest BCUT2D eigenvalue weighted by atomic mass is 35.5. The average molecular weight is 377 g/mol. The van der Waals surface area contributed by atoms with Gasteiger partial charge in [0.1, 0.15) is 0 Å². The zero-order valence-electron chi connectivity index (χ0n) is 13.4. The van der Waals surface area contributed by atoms with Crippen LogP contribution in [0.1, 0.15) is 18.4 Å². The van der Waals surface area contributed by atoms with Crippen LogP contribution in [0.2, 0.25) is 5.02 Å². The number of hydrogen-bond acceptors (Lipinski definition) is 3. The van der Waals surface area contributed by atoms with E-state index in [1.54, 1.807) is 18.2 Å². The van der Waals surface area contributed by atoms with Crippen molar-refractivity contribution in [3.8, 4) is 0 Å². The Bertz CT molecular complexity index is 937. The minimum absolute atomic E-state index is 0.155. The lowest BCUT2D eigenvalue weighted by atomic mass is 10.1. The highest BCUT2D eigenvalue weighted by Gasteiger charge is 2.36. The SMILES string of the molecule is O=C(C1CC1)N1CCc2cc(NS(=O)(=O)c3ccc(Cl)cc3)ccc21. The molecule has 7 heteroatoms. The molecule has 5 nitrogen and oxygen atoms in total. The molecule has 1 N–H and O–H groups in total. The Labute approximate surface area is 151 Å². The van der Waals surface area contributed by atoms with E-state index in [-0.39, 0.29) is 16.7 Å². The fourth-order valence-electron chi connectivity index (χ4n) is 3.07. The van der Waals surface area contributed by atoms with Crippen molar-refractivity contribution in [1.82, 2.24) is 0 Å². The number of benzene rings is 2. The van der Waals surface area contributed by atoms with Gasteiger partial charge in [-0.15, -0.1) is 0 Å². The van der Waals surface area contributed by atoms with Crippen LogP contribution in [0.15, 0.2) is 47.4 Å². The van der Waals surface area contributed by atoms with Crippen LogP contribution in [0.4, 0.5) is 11.4 Å². The van der Waals surface area contributed by atoms with Crippen molar-refractivity contribution in [3.05, 3.63) is 53.1 Å². The Morgan fingerprint density at radius 3 is 2.52 bits per heavy atom. The number of amides is 1. The number of anilines is 2. The molecular formula is C18H17ClN2O3S. The Kier molecular flexibility index (Phi) is 3.96. The molecule has 0 aromatic heterocycles. The van der Waals surface area contributed by atoms with E-state index in [2.05, 4.69) is 4.72 Å². The lowest BCUT2D eigenvalue weighted by Crippen LogP contribution is -2.30. The van der Waals surface area contributed by atoms with E-state index >= 15 is 0 Å². The van der Waals surface area contributed by atoms with Crippen LogP contribution in [-0.4, -0.2) is 20.9 Å². The number of rotatable bonds is 4. The molecule has 2 aromatic carbocycles. The summed E-state index contributed by atoms with van der Waals surface area (Å²) in [6.07, 6.45) is 2.69. The van der Waals surface area contributed by atoms with Gasteiger partial charge < -0.3 is 4.90 Å². The summed E-state index contributed by atoms with van der Waals surface area (Å²) in [6, 6.07) is 11.3. The van der Waals surface area contributed by atoms with E-state index < -0.39 is 10.0 Å². The molecule has 0 atom stereocenters. The highest BCUT2D eigenvalue weighted by molar-refractivity contribution is 7.92. The molecule has 0 saturated heterocycles. The highest BCUT2D eigenvalue weighted by Crippen LogP contribution is 2.37. The van der Waals surface area contributed by atoms with Crippen LogP contribution in [0.25, 0.3) is 0 Å². The fourth-order valence-corrected chi connectivity index (χ4v) is 4.25. The second-order valence-electron chi connectivity index (χ2n) is 6.42. The quantitative estimate of drug-likeness (QED) is 0.888. The van der Waals surface area contributed by atoms with E-state index in [0.717, 1.165) is 30.5 Å². The monoisotopic (exact) mass is 376 g/mol. The third kappa shape index (κ3) is 3.24. The first-order valence-electron chi connectivity index (χ1n) is 8.17. The smallest absolute Gasteiger partial charge is 0.261 e. The van der Waals surface area contributed by atoms with E-state index in [1.807, 2.05) is 17.0 Å². The van der Waals surface area contributed by atoms with Crippen molar-refractivity contribution in [2.24, 2.45) is 5.92 Å². The molecular weight excluding hydrogens is 360 g/mol. The molecule has 1 amide bonds. The Balaban J connectivity index is 1.56. The second kappa shape index (κ2) is 6.04. The second-order valence-corrected chi connectivity index (χ2v) is 8.54. The van der Waals surface area contributed by atoms with Gasteiger partial charge in [-0.1, -0.05) is 11.6 Å². The Morgan fingerprint density at radius 2 is 1.84 bits per heavy atom. The predicted molar refractivity (Wildman–Crippen MR) is 97.5 cm³/mol. The van der Waals surface area contributed by atoms with Crippen molar-refractivity contribution in [3.63, 3.8) is 0 Å². The largest absolute Gasteiger partial charge is 0.312 e. The molecule has 0 unspecified atom stereocenters. The van der Waals surface area contributed by atoms with E-state index in [0.29, 0.717) is 17.3 Å². The van der Waals surface area contributed by atoms with Gasteiger partial charge in [-0.05, 0) is 67.3 Å². The van der Waals surface area contributed by atoms with Gasteiger partial charge in [-0.2, -0.15) is 0 Å². The standard InChI is InChI=1S/C18H17ClN2O3S/c19-14-3-6-16(7-4-14)25(23,24)20-15-5-8-17-13(11-15)9-10-21(17)18(22)12-1-2-12/h3-8,11-12,20H,1-2,9-10H2. The Hall–Kier alpha value is -2.05. The van der Waals surface area contributed by atoms with Crippen molar-refractivity contribution >= 4 is 38.9 Å². The number of sulfonamides is 1. The molecule has 2 aliphatic rings. The zero-order chi connectivity index (χ0) is 17.6. The number of fused-ring (bicyclic) bond motifs is 1. The van der Waals surface area contributed by atoms with Crippen molar-refractivity contribution < 1.29 is 13.2 Å². The molecule has 25 heavy (non-hydrogen) atoms. The summed E-state index contributed by atoms with van der Waals surface area (Å²) >= 11 is 5.80. The molecule has 1 aliphatic carbocycles. The van der Waals surface area contributed by atoms with Gasteiger partial charge in [0.05, 0.1) is 4.90 Å². The minimum Gasteiger partial charge on any atom is -0.312 e. The van der Waals surface area contributed by atoms with Crippen LogP contribution in [0.5, 0.6) is 0 Å². The zero-order valence-corrected chi connectivity index (χ0v) is 15.0. The van der Waals surface area contributed by atoms with Crippen LogP contribution in [0, 0.1) is 5.92 Å². The van der Waals surface area contributed by atoms with Gasteiger partial charge in [0.25, 0.3) is 10.0 Å². The third-order valence-electron chi connectivity index (χ3n) is 4.54. The van der Waals surface area contributed by atoms with Crippen LogP contribution >= 0.6 is 11.6 Å². The van der Waals surface area contributed by atoms with Gasteiger partial charge >= 0.3 is 0 Å². The Morgan fingerprint density at radius 1 is 1.12 bits per heavy atom. The molecule has 0 spiro atoms. The van der Waals surface area contributed by atoms with E-state index in [9.17, 15) is 13.2 Å². The number of halogens is 1. The van der Waals surface area contributed by atoms with Gasteiger partial charge in [0.15, 0.2) is 0 Å². The maximum atomic E-state index is 12.5. The van der Waals surface area contributed by atoms with Crippen molar-refractivity contribution in [2.75, 3.05) is 16.2 Å². The first-order valence-corrected chi connectivity index (χ1v) is 10.0. The van der Waals surface area contributed by atoms with E-state index in [1.165, 1.54) is 12.1 Å². The molecule has 1 saturated carbocycles. The molecule has 1 aliphatic heterocycles. The molecule has 1 fully saturated rings. The molecule has 1 heterocycles. The topological polar surface area (TPSA) is 66.5 Å². The number of hydrogen-bond donors (Lipinski definition) is 1. The van der Waals surface area contributed by atoms with Crippen LogP contribution in [0.3, 0.4) is 0 Å². The predicted octanol–water partition coefficient (Wildman–Crippen LogP) is 3.44. The summed E-state index contributed by atoms with van der Waals surface area (Å²) in [5, 5.41) is 0.483. The number of nitrogens with one attached hydrogen (secondary N) is 1. The maximum absolute atomic E-state index is 12.5. The molecule has 4 rings (SSSR count). The number of carbonyl (C=O) groups excluding carboxylic acids is 1. The van der Waals surface area contributed by atoms with Gasteiger partial charge in [0, 0.05) is 28.9 Å². The summed E-state index contributed by atoms with van der Waals surface area (Å²) in [5.41, 5.74) is 2.38. The van der Waals surface area contributed by atoms with Gasteiger partial charge in [0.2, 0.25) is 5.91 Å². The lowest BCUT2D eigenvalue weighted by Gasteiger charge is -2.17. The summed E-state index contributed by atoms with van der Waals surface area (Å²) < 4.78 is 27.5. The molecule has 0 bridgehead atoms. The number of carbonyl (C=O) groups is 1. The summed E-state index contributed by atoms with van der Waals surface area (Å²) in [6.45, 7) is 0.665. The summed E-state index contributed by atoms with van der Waals surface area (Å²) in [4.78, 5) is 14.3. The van der Waals surface area contributed by atoms with E-state index in [4.69, 9.17) is 11.6 Å². The van der Waals surface area contributed by atoms with Crippen molar-refractivity contribution in [1.29, 1.82) is 0 Å². The van der Waals surface area contributed by atoms with Crippen LogP contribution < -0.4 is 9.62 Å². The normalized spacial score (nSPS) is 16.6. The minimum atomic E-state index is -3.67. The first-order chi connectivity index (χ1) is 11.9. The first kappa shape index (κ1) is 16.4. The molecule has 2 aromatic rings. The number of nitrogens with zero attached hydrogens (tertiary/aromatic N) is 1. The average Bonchev–Trinajstić information content (AvgIpc) is 3.34. The van der Waals surface area contributed by atoms with Gasteiger partial charge in [-0.25, -0.2) is 8.42 Å². The maximum Gasteiger partial charge on any atom is 0.261 e. The van der Waals surface area contributed by atoms with Gasteiger partial charge in [-0.3, -0.25) is 9.52 Å². The van der Waals surface area contributed by atoms with Crippen LogP contribution in [-0.2, 0) is 21.2 Å².